The Hall–Kier alpha value is -1.93. The number of benzene rings is 1. The van der Waals surface area contributed by atoms with Crippen LogP contribution in [0.3, 0.4) is 0 Å². The molecule has 1 fully saturated rings. The van der Waals surface area contributed by atoms with E-state index >= 15 is 0 Å². The summed E-state index contributed by atoms with van der Waals surface area (Å²) in [5.41, 5.74) is 1.52. The van der Waals surface area contributed by atoms with Crippen LogP contribution in [0.5, 0.6) is 0 Å². The fourth-order valence-electron chi connectivity index (χ4n) is 3.10. The number of hydrogen-bond donors (Lipinski definition) is 2. The number of nitrogens with one attached hydrogen (secondary N) is 1. The number of rotatable bonds is 4. The van der Waals surface area contributed by atoms with Crippen molar-refractivity contribution in [3.63, 3.8) is 0 Å². The molecular formula is C15H18FN3O3S. The van der Waals surface area contributed by atoms with E-state index < -0.39 is 10.0 Å². The van der Waals surface area contributed by atoms with Gasteiger partial charge in [0.1, 0.15) is 5.82 Å². The van der Waals surface area contributed by atoms with Crippen molar-refractivity contribution in [1.82, 2.24) is 9.88 Å². The Labute approximate surface area is 133 Å². The SMILES string of the molecule is NS(=O)(=O)CC1CCN(C(=O)Cc2c[nH]c3ccc(F)cc23)C1. The monoisotopic (exact) mass is 339 g/mol. The number of hydrogen-bond acceptors (Lipinski definition) is 3. The van der Waals surface area contributed by atoms with Crippen LogP contribution in [0.4, 0.5) is 4.39 Å². The van der Waals surface area contributed by atoms with E-state index in [1.54, 1.807) is 17.2 Å². The van der Waals surface area contributed by atoms with Gasteiger partial charge in [0.15, 0.2) is 0 Å². The lowest BCUT2D eigenvalue weighted by atomic mass is 10.1. The summed E-state index contributed by atoms with van der Waals surface area (Å²) in [7, 11) is -3.52. The number of likely N-dealkylation sites (tertiary alicyclic amines) is 1. The zero-order chi connectivity index (χ0) is 16.6. The third-order valence-electron chi connectivity index (χ3n) is 4.18. The van der Waals surface area contributed by atoms with Crippen LogP contribution in [0.1, 0.15) is 12.0 Å². The van der Waals surface area contributed by atoms with Crippen molar-refractivity contribution in [1.29, 1.82) is 0 Å². The molecule has 2 aromatic rings. The highest BCUT2D eigenvalue weighted by Crippen LogP contribution is 2.22. The number of sulfonamides is 1. The molecule has 3 N–H and O–H groups in total. The van der Waals surface area contributed by atoms with Crippen LogP contribution in [0, 0.1) is 11.7 Å². The zero-order valence-electron chi connectivity index (χ0n) is 12.5. The Morgan fingerprint density at radius 3 is 2.96 bits per heavy atom. The maximum absolute atomic E-state index is 13.4. The molecule has 0 saturated carbocycles. The highest BCUT2D eigenvalue weighted by molar-refractivity contribution is 7.89. The van der Waals surface area contributed by atoms with Crippen LogP contribution < -0.4 is 5.14 Å². The number of halogens is 1. The average molecular weight is 339 g/mol. The van der Waals surface area contributed by atoms with Crippen molar-refractivity contribution in [2.75, 3.05) is 18.8 Å². The second-order valence-electron chi connectivity index (χ2n) is 6.00. The summed E-state index contributed by atoms with van der Waals surface area (Å²) in [6, 6.07) is 4.40. The first-order valence-electron chi connectivity index (χ1n) is 7.35. The molecule has 2 heterocycles. The summed E-state index contributed by atoms with van der Waals surface area (Å²) in [5, 5.41) is 5.75. The van der Waals surface area contributed by atoms with Gasteiger partial charge in [0, 0.05) is 30.2 Å². The van der Waals surface area contributed by atoms with Crippen molar-refractivity contribution in [2.24, 2.45) is 11.1 Å². The van der Waals surface area contributed by atoms with Crippen molar-refractivity contribution in [2.45, 2.75) is 12.8 Å². The third-order valence-corrected chi connectivity index (χ3v) is 5.11. The van der Waals surface area contributed by atoms with E-state index in [-0.39, 0.29) is 29.8 Å². The van der Waals surface area contributed by atoms with Crippen LogP contribution in [0.15, 0.2) is 24.4 Å². The fraction of sp³-hybridized carbons (Fsp3) is 0.400. The molecule has 1 aliphatic rings. The van der Waals surface area contributed by atoms with Crippen molar-refractivity contribution < 1.29 is 17.6 Å². The van der Waals surface area contributed by atoms with E-state index in [4.69, 9.17) is 5.14 Å². The molecule has 0 aliphatic carbocycles. The van der Waals surface area contributed by atoms with Gasteiger partial charge in [-0.05, 0) is 36.1 Å². The molecule has 0 bridgehead atoms. The number of nitrogens with two attached hydrogens (primary N) is 1. The summed E-state index contributed by atoms with van der Waals surface area (Å²) in [5.74, 6) is -0.656. The lowest BCUT2D eigenvalue weighted by Crippen LogP contribution is -2.31. The highest BCUT2D eigenvalue weighted by Gasteiger charge is 2.29. The van der Waals surface area contributed by atoms with Gasteiger partial charge in [-0.2, -0.15) is 0 Å². The number of fused-ring (bicyclic) bond motifs is 1. The minimum absolute atomic E-state index is 0.0907. The number of carbonyl (C=O) groups is 1. The first-order valence-corrected chi connectivity index (χ1v) is 9.07. The van der Waals surface area contributed by atoms with Gasteiger partial charge < -0.3 is 9.88 Å². The van der Waals surface area contributed by atoms with Gasteiger partial charge >= 0.3 is 0 Å². The number of nitrogens with zero attached hydrogens (tertiary/aromatic N) is 1. The van der Waals surface area contributed by atoms with Gasteiger partial charge in [-0.1, -0.05) is 0 Å². The number of primary sulfonamides is 1. The topological polar surface area (TPSA) is 96.3 Å². The Bertz CT molecular complexity index is 847. The molecular weight excluding hydrogens is 321 g/mol. The van der Waals surface area contributed by atoms with Crippen LogP contribution in [0.2, 0.25) is 0 Å². The summed E-state index contributed by atoms with van der Waals surface area (Å²) in [4.78, 5) is 17.1. The number of aromatic amines is 1. The molecule has 8 heteroatoms. The van der Waals surface area contributed by atoms with E-state index in [9.17, 15) is 17.6 Å². The average Bonchev–Trinajstić information content (AvgIpc) is 3.05. The third kappa shape index (κ3) is 3.70. The molecule has 0 spiro atoms. The number of aromatic nitrogens is 1. The standard InChI is InChI=1S/C15H18FN3O3S/c16-12-1-2-14-13(6-12)11(7-18-14)5-15(20)19-4-3-10(8-19)9-23(17,21)22/h1-2,6-7,10,18H,3-5,8-9H2,(H2,17,21,22). The highest BCUT2D eigenvalue weighted by atomic mass is 32.2. The normalized spacial score (nSPS) is 18.7. The molecule has 23 heavy (non-hydrogen) atoms. The first kappa shape index (κ1) is 15.9. The maximum atomic E-state index is 13.4. The molecule has 3 rings (SSSR count). The molecule has 1 aliphatic heterocycles. The van der Waals surface area contributed by atoms with Gasteiger partial charge in [0.05, 0.1) is 12.2 Å². The van der Waals surface area contributed by atoms with Crippen molar-refractivity contribution in [3.8, 4) is 0 Å². The molecule has 1 atom stereocenters. The molecule has 1 aromatic carbocycles. The minimum atomic E-state index is -3.52. The van der Waals surface area contributed by atoms with E-state index in [0.29, 0.717) is 24.9 Å². The number of amides is 1. The van der Waals surface area contributed by atoms with Crippen LogP contribution in [-0.4, -0.2) is 43.1 Å². The zero-order valence-corrected chi connectivity index (χ0v) is 13.3. The Kier molecular flexibility index (Phi) is 4.11. The van der Waals surface area contributed by atoms with Gasteiger partial charge in [0.2, 0.25) is 15.9 Å². The molecule has 1 saturated heterocycles. The van der Waals surface area contributed by atoms with Crippen molar-refractivity contribution in [3.05, 3.63) is 35.8 Å². The van der Waals surface area contributed by atoms with Crippen LogP contribution in [-0.2, 0) is 21.2 Å². The van der Waals surface area contributed by atoms with Gasteiger partial charge in [-0.25, -0.2) is 17.9 Å². The predicted octanol–water partition coefficient (Wildman–Crippen LogP) is 0.987. The molecule has 124 valence electrons. The number of carbonyl (C=O) groups excluding carboxylic acids is 1. The smallest absolute Gasteiger partial charge is 0.227 e. The molecule has 1 amide bonds. The van der Waals surface area contributed by atoms with Gasteiger partial charge in [-0.15, -0.1) is 0 Å². The Balaban J connectivity index is 1.68. The summed E-state index contributed by atoms with van der Waals surface area (Å²) in [6.07, 6.45) is 2.50. The Morgan fingerprint density at radius 2 is 2.22 bits per heavy atom. The lowest BCUT2D eigenvalue weighted by Gasteiger charge is -2.16. The van der Waals surface area contributed by atoms with Gasteiger partial charge in [0.25, 0.3) is 0 Å². The molecule has 6 nitrogen and oxygen atoms in total. The van der Waals surface area contributed by atoms with E-state index in [0.717, 1.165) is 11.1 Å². The Morgan fingerprint density at radius 1 is 1.43 bits per heavy atom. The van der Waals surface area contributed by atoms with Crippen LogP contribution in [0.25, 0.3) is 10.9 Å². The maximum Gasteiger partial charge on any atom is 0.227 e. The predicted molar refractivity (Wildman–Crippen MR) is 84.6 cm³/mol. The fourth-order valence-corrected chi connectivity index (χ4v) is 4.02. The summed E-state index contributed by atoms with van der Waals surface area (Å²) < 4.78 is 35.6. The number of H-pyrrole nitrogens is 1. The first-order chi connectivity index (χ1) is 10.8. The molecule has 1 aromatic heterocycles. The van der Waals surface area contributed by atoms with Crippen LogP contribution >= 0.6 is 0 Å². The second-order valence-corrected chi connectivity index (χ2v) is 7.66. The molecule has 0 radical (unpaired) electrons. The van der Waals surface area contributed by atoms with Crippen molar-refractivity contribution >= 4 is 26.8 Å². The quantitative estimate of drug-likeness (QED) is 0.869. The minimum Gasteiger partial charge on any atom is -0.361 e. The summed E-state index contributed by atoms with van der Waals surface area (Å²) in [6.45, 7) is 0.918. The van der Waals surface area contributed by atoms with Gasteiger partial charge in [-0.3, -0.25) is 4.79 Å². The summed E-state index contributed by atoms with van der Waals surface area (Å²) >= 11 is 0. The lowest BCUT2D eigenvalue weighted by molar-refractivity contribution is -0.129. The largest absolute Gasteiger partial charge is 0.361 e. The molecule has 1 unspecified atom stereocenters. The second kappa shape index (κ2) is 5.93. The van der Waals surface area contributed by atoms with E-state index in [1.165, 1.54) is 12.1 Å². The van der Waals surface area contributed by atoms with E-state index in [1.807, 2.05) is 0 Å². The van der Waals surface area contributed by atoms with E-state index in [2.05, 4.69) is 4.98 Å².